The van der Waals surface area contributed by atoms with Gasteiger partial charge in [0.15, 0.2) is 5.78 Å². The average Bonchev–Trinajstić information content (AvgIpc) is 2.56. The van der Waals surface area contributed by atoms with E-state index in [9.17, 15) is 9.59 Å². The molecule has 0 atom stereocenters. The topological polar surface area (TPSA) is 81.4 Å². The van der Waals surface area contributed by atoms with Crippen molar-refractivity contribution in [3.8, 4) is 0 Å². The lowest BCUT2D eigenvalue weighted by atomic mass is 9.97. The maximum atomic E-state index is 12.7. The number of nitrogens with two attached hydrogens (primary N) is 1. The Balaban J connectivity index is 2.12. The van der Waals surface area contributed by atoms with Crippen molar-refractivity contribution in [2.24, 2.45) is 0 Å². The largest absolute Gasteiger partial charge is 0.444 e. The Morgan fingerprint density at radius 3 is 2.42 bits per heavy atom. The molecule has 26 heavy (non-hydrogen) atoms. The maximum absolute atomic E-state index is 12.7. The highest BCUT2D eigenvalue weighted by Crippen LogP contribution is 2.26. The van der Waals surface area contributed by atoms with Crippen LogP contribution in [0.2, 0.25) is 5.02 Å². The zero-order valence-electron chi connectivity index (χ0n) is 15.1. The van der Waals surface area contributed by atoms with Gasteiger partial charge in [0.05, 0.1) is 0 Å². The van der Waals surface area contributed by atoms with Crippen molar-refractivity contribution in [1.29, 1.82) is 0 Å². The number of anilines is 1. The van der Waals surface area contributed by atoms with Crippen molar-refractivity contribution in [1.82, 2.24) is 5.32 Å². The Morgan fingerprint density at radius 1 is 1.15 bits per heavy atom. The molecule has 0 aliphatic carbocycles. The molecule has 2 rings (SSSR count). The molecule has 0 spiro atoms. The number of carbonyl (C=O) groups excluding carboxylic acids is 2. The second-order valence-electron chi connectivity index (χ2n) is 6.90. The van der Waals surface area contributed by atoms with Crippen molar-refractivity contribution >= 4 is 29.2 Å². The Kier molecular flexibility index (Phi) is 6.27. The molecular weight excluding hydrogens is 352 g/mol. The first-order valence-electron chi connectivity index (χ1n) is 8.32. The minimum absolute atomic E-state index is 0.188. The molecule has 138 valence electrons. The van der Waals surface area contributed by atoms with Crippen LogP contribution in [-0.4, -0.2) is 24.0 Å². The van der Waals surface area contributed by atoms with Crippen LogP contribution in [0.25, 0.3) is 0 Å². The van der Waals surface area contributed by atoms with Gasteiger partial charge in [-0.1, -0.05) is 41.9 Å². The van der Waals surface area contributed by atoms with Crippen LogP contribution in [0.5, 0.6) is 0 Å². The number of hydrogen-bond acceptors (Lipinski definition) is 4. The Hall–Kier alpha value is -2.53. The molecule has 2 aromatic rings. The van der Waals surface area contributed by atoms with E-state index in [2.05, 4.69) is 5.32 Å². The van der Waals surface area contributed by atoms with E-state index in [4.69, 9.17) is 22.1 Å². The van der Waals surface area contributed by atoms with E-state index in [1.807, 2.05) is 6.07 Å². The molecule has 0 saturated heterocycles. The van der Waals surface area contributed by atoms with Gasteiger partial charge in [-0.05, 0) is 44.9 Å². The van der Waals surface area contributed by atoms with Gasteiger partial charge in [-0.25, -0.2) is 4.79 Å². The molecule has 0 aromatic heterocycles. The van der Waals surface area contributed by atoms with E-state index in [0.717, 1.165) is 0 Å². The van der Waals surface area contributed by atoms with Crippen molar-refractivity contribution in [3.05, 3.63) is 64.2 Å². The number of nitrogens with one attached hydrogen (secondary N) is 1. The lowest BCUT2D eigenvalue weighted by Crippen LogP contribution is -2.33. The van der Waals surface area contributed by atoms with E-state index in [1.165, 1.54) is 0 Å². The lowest BCUT2D eigenvalue weighted by molar-refractivity contribution is 0.0528. The van der Waals surface area contributed by atoms with E-state index in [1.54, 1.807) is 57.2 Å². The monoisotopic (exact) mass is 374 g/mol. The van der Waals surface area contributed by atoms with Gasteiger partial charge < -0.3 is 15.8 Å². The lowest BCUT2D eigenvalue weighted by Gasteiger charge is -2.19. The summed E-state index contributed by atoms with van der Waals surface area (Å²) < 4.78 is 5.19. The predicted molar refractivity (Wildman–Crippen MR) is 104 cm³/mol. The van der Waals surface area contributed by atoms with E-state index in [0.29, 0.717) is 40.4 Å². The fraction of sp³-hybridized carbons (Fsp3) is 0.300. The minimum atomic E-state index is -0.561. The Labute approximate surface area is 158 Å². The van der Waals surface area contributed by atoms with Gasteiger partial charge in [0, 0.05) is 28.4 Å². The summed E-state index contributed by atoms with van der Waals surface area (Å²) in [7, 11) is 0. The van der Waals surface area contributed by atoms with Gasteiger partial charge in [-0.3, -0.25) is 4.79 Å². The molecule has 0 radical (unpaired) electrons. The fourth-order valence-corrected chi connectivity index (χ4v) is 2.67. The van der Waals surface area contributed by atoms with Crippen LogP contribution in [0.15, 0.2) is 42.5 Å². The predicted octanol–water partition coefficient (Wildman–Crippen LogP) is 4.22. The second-order valence-corrected chi connectivity index (χ2v) is 7.34. The summed E-state index contributed by atoms with van der Waals surface area (Å²) in [5, 5.41) is 3.09. The molecule has 2 aromatic carbocycles. The van der Waals surface area contributed by atoms with Crippen LogP contribution in [0.4, 0.5) is 10.5 Å². The highest BCUT2D eigenvalue weighted by atomic mass is 35.5. The number of hydrogen-bond donors (Lipinski definition) is 2. The first-order chi connectivity index (χ1) is 12.2. The van der Waals surface area contributed by atoms with Crippen LogP contribution in [0.3, 0.4) is 0 Å². The van der Waals surface area contributed by atoms with Gasteiger partial charge in [0.1, 0.15) is 5.60 Å². The molecule has 0 unspecified atom stereocenters. The van der Waals surface area contributed by atoms with Crippen molar-refractivity contribution in [3.63, 3.8) is 0 Å². The standard InChI is InChI=1S/C20H23ClN2O3/c1-20(2,3)26-19(25)23-10-9-14-11-15(21)12-16(17(14)22)18(24)13-7-5-4-6-8-13/h4-8,11-12H,9-10,22H2,1-3H3,(H,23,25). The number of halogens is 1. The second kappa shape index (κ2) is 8.23. The van der Waals surface area contributed by atoms with Gasteiger partial charge >= 0.3 is 6.09 Å². The number of amides is 1. The molecule has 0 saturated carbocycles. The third-order valence-corrected chi connectivity index (χ3v) is 3.79. The van der Waals surface area contributed by atoms with Crippen LogP contribution < -0.4 is 11.1 Å². The molecule has 1 amide bonds. The number of nitrogen functional groups attached to an aromatic ring is 1. The summed E-state index contributed by atoms with van der Waals surface area (Å²) in [6, 6.07) is 12.1. The van der Waals surface area contributed by atoms with Gasteiger partial charge in [0.2, 0.25) is 0 Å². The number of benzene rings is 2. The quantitative estimate of drug-likeness (QED) is 0.606. The number of ether oxygens (including phenoxy) is 1. The van der Waals surface area contributed by atoms with Crippen molar-refractivity contribution < 1.29 is 14.3 Å². The average molecular weight is 375 g/mol. The molecule has 0 bridgehead atoms. The highest BCUT2D eigenvalue weighted by molar-refractivity contribution is 6.31. The number of ketones is 1. The molecular formula is C20H23ClN2O3. The smallest absolute Gasteiger partial charge is 0.407 e. The van der Waals surface area contributed by atoms with Gasteiger partial charge in [-0.2, -0.15) is 0 Å². The first-order valence-corrected chi connectivity index (χ1v) is 8.69. The summed E-state index contributed by atoms with van der Waals surface area (Å²) in [6.45, 7) is 5.70. The minimum Gasteiger partial charge on any atom is -0.444 e. The molecule has 0 fully saturated rings. The molecule has 0 heterocycles. The summed E-state index contributed by atoms with van der Waals surface area (Å²) in [5.74, 6) is -0.188. The Bertz CT molecular complexity index is 799. The normalized spacial score (nSPS) is 11.1. The van der Waals surface area contributed by atoms with Crippen LogP contribution >= 0.6 is 11.6 Å². The van der Waals surface area contributed by atoms with E-state index >= 15 is 0 Å². The molecule has 0 aliphatic heterocycles. The fourth-order valence-electron chi connectivity index (χ4n) is 2.43. The van der Waals surface area contributed by atoms with Gasteiger partial charge in [0.25, 0.3) is 0 Å². The summed E-state index contributed by atoms with van der Waals surface area (Å²) >= 11 is 6.16. The third-order valence-electron chi connectivity index (χ3n) is 3.57. The molecule has 6 heteroatoms. The number of alkyl carbamates (subject to hydrolysis) is 1. The van der Waals surface area contributed by atoms with E-state index < -0.39 is 11.7 Å². The van der Waals surface area contributed by atoms with Crippen LogP contribution in [-0.2, 0) is 11.2 Å². The number of rotatable bonds is 5. The SMILES string of the molecule is CC(C)(C)OC(=O)NCCc1cc(Cl)cc(C(=O)c2ccccc2)c1N. The first kappa shape index (κ1) is 19.8. The third kappa shape index (κ3) is 5.49. The zero-order chi connectivity index (χ0) is 19.3. The van der Waals surface area contributed by atoms with Crippen LogP contribution in [0.1, 0.15) is 42.3 Å². The maximum Gasteiger partial charge on any atom is 0.407 e. The van der Waals surface area contributed by atoms with Crippen LogP contribution in [0, 0.1) is 0 Å². The summed E-state index contributed by atoms with van der Waals surface area (Å²) in [5.41, 5.74) is 7.59. The van der Waals surface area contributed by atoms with E-state index in [-0.39, 0.29) is 5.78 Å². The highest BCUT2D eigenvalue weighted by Gasteiger charge is 2.18. The Morgan fingerprint density at radius 2 is 1.81 bits per heavy atom. The molecule has 0 aliphatic rings. The molecule has 3 N–H and O–H groups in total. The summed E-state index contributed by atoms with van der Waals surface area (Å²) in [4.78, 5) is 24.4. The summed E-state index contributed by atoms with van der Waals surface area (Å²) in [6.07, 6.45) is -0.0700. The van der Waals surface area contributed by atoms with Gasteiger partial charge in [-0.15, -0.1) is 0 Å². The molecule has 5 nitrogen and oxygen atoms in total. The number of carbonyl (C=O) groups is 2. The van der Waals surface area contributed by atoms with Crippen molar-refractivity contribution in [2.75, 3.05) is 12.3 Å². The van der Waals surface area contributed by atoms with Crippen molar-refractivity contribution in [2.45, 2.75) is 32.8 Å². The zero-order valence-corrected chi connectivity index (χ0v) is 15.9.